The summed E-state index contributed by atoms with van der Waals surface area (Å²) in [6, 6.07) is 8.13. The number of hydrogen-bond acceptors (Lipinski definition) is 0. The van der Waals surface area contributed by atoms with E-state index in [4.69, 9.17) is 0 Å². The summed E-state index contributed by atoms with van der Waals surface area (Å²) in [5.74, 6) is 0. The molecule has 0 aliphatic heterocycles. The van der Waals surface area contributed by atoms with E-state index >= 15 is 0 Å². The van der Waals surface area contributed by atoms with E-state index in [1.807, 2.05) is 26.0 Å². The maximum absolute atomic E-state index is 3.76. The van der Waals surface area contributed by atoms with Gasteiger partial charge in [-0.05, 0) is 6.92 Å². The van der Waals surface area contributed by atoms with Gasteiger partial charge in [0.25, 0.3) is 0 Å². The zero-order valence-corrected chi connectivity index (χ0v) is 27.6. The second kappa shape index (κ2) is 29.3. The summed E-state index contributed by atoms with van der Waals surface area (Å²) in [7, 11) is 0. The summed E-state index contributed by atoms with van der Waals surface area (Å²) >= 11 is 5.00. The molecular weight excluding hydrogens is 316 g/mol. The van der Waals surface area contributed by atoms with E-state index < -0.39 is 0 Å². The molecule has 1 rings (SSSR count). The molecule has 0 nitrogen and oxygen atoms in total. The van der Waals surface area contributed by atoms with Crippen molar-refractivity contribution in [3.05, 3.63) is 42.3 Å². The van der Waals surface area contributed by atoms with Crippen molar-refractivity contribution in [1.29, 1.82) is 0 Å². The first-order valence-electron chi connectivity index (χ1n) is 5.67. The molecule has 5 heteroatoms. The zero-order valence-electron chi connectivity index (χ0n) is 12.0. The van der Waals surface area contributed by atoms with E-state index in [-0.39, 0.29) is 51.4 Å². The van der Waals surface area contributed by atoms with Crippen LogP contribution in [0.15, 0.2) is 24.3 Å². The van der Waals surface area contributed by atoms with E-state index in [0.717, 1.165) is 5.56 Å². The third-order valence-electron chi connectivity index (χ3n) is 1.12. The number of hydrogen-bond donors (Lipinski definition) is 0. The van der Waals surface area contributed by atoms with Gasteiger partial charge in [0.05, 0.1) is 0 Å². The van der Waals surface area contributed by atoms with E-state index in [9.17, 15) is 0 Å². The van der Waals surface area contributed by atoms with Crippen LogP contribution in [0.2, 0.25) is 0 Å². The van der Waals surface area contributed by atoms with Crippen molar-refractivity contribution in [2.24, 2.45) is 0 Å². The van der Waals surface area contributed by atoms with Gasteiger partial charge in [-0.3, -0.25) is 0 Å². The van der Waals surface area contributed by atoms with Crippen LogP contribution in [0.1, 0.15) is 25.0 Å². The molecular formula is C10H15K5. The molecule has 0 aliphatic rings. The number of benzene rings is 1. The van der Waals surface area contributed by atoms with E-state index in [2.05, 4.69) is 26.0 Å². The molecule has 0 aromatic heterocycles. The average Bonchev–Trinajstić information content (AvgIpc) is 2.31. The van der Waals surface area contributed by atoms with Crippen molar-refractivity contribution in [3.63, 3.8) is 0 Å². The topological polar surface area (TPSA) is 0 Å². The van der Waals surface area contributed by atoms with Crippen LogP contribution in [0.25, 0.3) is 0 Å². The summed E-state index contributed by atoms with van der Waals surface area (Å²) in [6.07, 6.45) is 0. The van der Waals surface area contributed by atoms with Crippen molar-refractivity contribution >= 4 is 126 Å². The quantitative estimate of drug-likeness (QED) is 0.409. The fourth-order valence-corrected chi connectivity index (χ4v) is 0.588. The molecule has 0 aliphatic carbocycles. The molecule has 1 aromatic carbocycles. The van der Waals surface area contributed by atoms with Gasteiger partial charge in [0.2, 0.25) is 0 Å². The van der Waals surface area contributed by atoms with E-state index in [1.165, 1.54) is 132 Å². The van der Waals surface area contributed by atoms with Crippen molar-refractivity contribution in [3.8, 4) is 0 Å². The Hall–Kier alpha value is 7.27. The van der Waals surface area contributed by atoms with Gasteiger partial charge in [-0.25, -0.2) is 0 Å². The maximum atomic E-state index is 3.76. The van der Waals surface area contributed by atoms with Crippen LogP contribution in [-0.2, 0) is 0 Å². The fraction of sp³-hybridized carbons (Fsp3) is 0.300. The minimum absolute atomic E-state index is 0. The first kappa shape index (κ1) is 30.2. The summed E-state index contributed by atoms with van der Waals surface area (Å²) in [5.41, 5.74) is 2.37. The van der Waals surface area contributed by atoms with Gasteiger partial charge in [0.15, 0.2) is 0 Å². The normalized spacial score (nSPS) is 6.33. The van der Waals surface area contributed by atoms with Crippen molar-refractivity contribution in [1.82, 2.24) is 0 Å². The summed E-state index contributed by atoms with van der Waals surface area (Å²) in [5, 5.41) is 0. The standard InChI is InChI=1S/C8H9.C2H6.5K/c1-7-3-5-8(2)6-4-7;1-2;;;;;/h3-6H,1H2,2H3;1-2H3;;;;;/q-1;;;;;;+1. The van der Waals surface area contributed by atoms with Gasteiger partial charge >= 0.3 is 178 Å². The van der Waals surface area contributed by atoms with Crippen molar-refractivity contribution in [2.75, 3.05) is 0 Å². The molecule has 15 heavy (non-hydrogen) atoms. The molecule has 0 N–H and O–H groups in total. The monoisotopic (exact) mass is 330 g/mol. The molecule has 1 aromatic rings. The average molecular weight is 331 g/mol. The van der Waals surface area contributed by atoms with Gasteiger partial charge < -0.3 is 0 Å². The molecule has 0 saturated carbocycles. The molecule has 0 bridgehead atoms. The second-order valence-corrected chi connectivity index (χ2v) is 1.99. The van der Waals surface area contributed by atoms with Crippen LogP contribution in [-0.4, -0.2) is 126 Å². The fourth-order valence-electron chi connectivity index (χ4n) is 0.588. The van der Waals surface area contributed by atoms with E-state index in [0.29, 0.717) is 0 Å². The Morgan fingerprint density at radius 3 is 1.33 bits per heavy atom. The molecule has 0 spiro atoms. The van der Waals surface area contributed by atoms with Crippen LogP contribution in [0.3, 0.4) is 0 Å². The molecule has 0 unspecified atom stereocenters. The van der Waals surface area contributed by atoms with Crippen LogP contribution >= 0.6 is 0 Å². The molecule has 0 amide bonds. The summed E-state index contributed by atoms with van der Waals surface area (Å²) in [4.78, 5) is 0. The molecule has 60 valence electrons. The Kier molecular flexibility index (Phi) is 59.0. The van der Waals surface area contributed by atoms with Crippen LogP contribution in [0.4, 0.5) is 0 Å². The Labute approximate surface area is 229 Å². The molecule has 0 saturated heterocycles. The molecule has 0 atom stereocenters. The SMILES string of the molecule is CC.[CH2-]c1ccc(C)cc1.[K+].[K][K].[K][K]. The summed E-state index contributed by atoms with van der Waals surface area (Å²) in [6.45, 7) is 9.83. The molecule has 0 fully saturated rings. The Morgan fingerprint density at radius 1 is 0.867 bits per heavy atom. The first-order chi connectivity index (χ1) is 6.79. The zero-order chi connectivity index (χ0) is 12.0. The first-order valence-corrected chi connectivity index (χ1v) is 37.7. The van der Waals surface area contributed by atoms with Gasteiger partial charge in [-0.2, -0.15) is 24.6 Å². The van der Waals surface area contributed by atoms with Crippen molar-refractivity contribution in [2.45, 2.75) is 20.8 Å². The van der Waals surface area contributed by atoms with Crippen LogP contribution in [0, 0.1) is 13.8 Å². The van der Waals surface area contributed by atoms with Crippen LogP contribution < -0.4 is 51.4 Å². The molecule has 0 radical (unpaired) electrons. The molecule has 0 heterocycles. The number of rotatable bonds is 0. The van der Waals surface area contributed by atoms with Gasteiger partial charge in [0, 0.05) is 0 Å². The second-order valence-electron chi connectivity index (χ2n) is 1.99. The number of aryl methyl sites for hydroxylation is 1. The van der Waals surface area contributed by atoms with E-state index in [1.54, 1.807) is 0 Å². The third-order valence-corrected chi connectivity index (χ3v) is 1.12. The van der Waals surface area contributed by atoms with Crippen molar-refractivity contribution < 1.29 is 51.4 Å². The summed E-state index contributed by atoms with van der Waals surface area (Å²) < 4.78 is 0. The van der Waals surface area contributed by atoms with Gasteiger partial charge in [0.1, 0.15) is 0 Å². The Bertz CT molecular complexity index is 153. The Balaban J connectivity index is -0.0000000755. The Morgan fingerprint density at radius 2 is 1.13 bits per heavy atom. The van der Waals surface area contributed by atoms with Gasteiger partial charge in [-0.1, -0.05) is 19.4 Å². The third kappa shape index (κ3) is 26.5. The predicted molar refractivity (Wildman–Crippen MR) is 70.0 cm³/mol. The van der Waals surface area contributed by atoms with Gasteiger partial charge in [-0.15, -0.1) is 12.1 Å². The van der Waals surface area contributed by atoms with Crippen LogP contribution in [0.5, 0.6) is 0 Å². The predicted octanol–water partition coefficient (Wildman–Crippen LogP) is -1.32. The minimum atomic E-state index is 0.